The van der Waals surface area contributed by atoms with Gasteiger partial charge in [-0.3, -0.25) is 4.79 Å². The fourth-order valence-electron chi connectivity index (χ4n) is 3.03. The third-order valence-corrected chi connectivity index (χ3v) is 6.52. The van der Waals surface area contributed by atoms with E-state index in [1.54, 1.807) is 0 Å². The van der Waals surface area contributed by atoms with Gasteiger partial charge in [0.2, 0.25) is 5.91 Å². The number of hydrogen-bond donors (Lipinski definition) is 0. The number of hydrogen-bond acceptors (Lipinski definition) is 4. The number of rotatable bonds is 2. The fraction of sp³-hybridized carbons (Fsp3) is 0.923. The molecule has 0 saturated carbocycles. The van der Waals surface area contributed by atoms with Crippen LogP contribution in [-0.4, -0.2) is 70.4 Å². The van der Waals surface area contributed by atoms with Crippen LogP contribution in [0.15, 0.2) is 0 Å². The van der Waals surface area contributed by atoms with E-state index in [2.05, 4.69) is 30.7 Å². The van der Waals surface area contributed by atoms with E-state index in [4.69, 9.17) is 0 Å². The molecule has 3 nitrogen and oxygen atoms in total. The molecule has 0 spiro atoms. The molecule has 0 aromatic heterocycles. The summed E-state index contributed by atoms with van der Waals surface area (Å²) >= 11 is 3.97. The molecular formula is C13H24N2OS2. The molecule has 0 N–H and O–H groups in total. The number of nitrogens with zero attached hydrogens (tertiary/aromatic N) is 2. The van der Waals surface area contributed by atoms with Crippen LogP contribution in [0.2, 0.25) is 0 Å². The Morgan fingerprint density at radius 3 is 2.44 bits per heavy atom. The highest BCUT2D eigenvalue weighted by Crippen LogP contribution is 2.28. The predicted molar refractivity (Wildman–Crippen MR) is 81.5 cm³/mol. The molecule has 18 heavy (non-hydrogen) atoms. The third-order valence-electron chi connectivity index (χ3n) is 3.68. The minimum absolute atomic E-state index is 0.354. The van der Waals surface area contributed by atoms with E-state index in [0.717, 1.165) is 25.3 Å². The summed E-state index contributed by atoms with van der Waals surface area (Å²) in [5, 5.41) is 0.537. The minimum Gasteiger partial charge on any atom is -0.335 e. The standard InChI is InChI=1S/C13H24N2OS2/c1-10-7-14(3)8-11(2)15(10)13(16)6-12-9-17-4-5-18-12/h10-12H,4-9H2,1-3H3. The van der Waals surface area contributed by atoms with Crippen LogP contribution < -0.4 is 0 Å². The molecule has 104 valence electrons. The van der Waals surface area contributed by atoms with Crippen LogP contribution in [0, 0.1) is 0 Å². The number of carbonyl (C=O) groups is 1. The Kier molecular flexibility index (Phi) is 5.27. The Labute approximate surface area is 119 Å². The van der Waals surface area contributed by atoms with E-state index in [0.29, 0.717) is 23.2 Å². The van der Waals surface area contributed by atoms with E-state index in [9.17, 15) is 4.79 Å². The molecule has 3 unspecified atom stereocenters. The minimum atomic E-state index is 0.354. The largest absolute Gasteiger partial charge is 0.335 e. The van der Waals surface area contributed by atoms with Crippen molar-refractivity contribution in [2.75, 3.05) is 37.4 Å². The van der Waals surface area contributed by atoms with E-state index in [1.165, 1.54) is 11.5 Å². The predicted octanol–water partition coefficient (Wildman–Crippen LogP) is 1.78. The lowest BCUT2D eigenvalue weighted by atomic mass is 10.1. The molecule has 2 rings (SSSR count). The maximum atomic E-state index is 12.5. The zero-order chi connectivity index (χ0) is 13.1. The van der Waals surface area contributed by atoms with E-state index >= 15 is 0 Å². The van der Waals surface area contributed by atoms with Crippen molar-refractivity contribution in [2.24, 2.45) is 0 Å². The van der Waals surface area contributed by atoms with Crippen LogP contribution in [0.3, 0.4) is 0 Å². The molecule has 0 radical (unpaired) electrons. The van der Waals surface area contributed by atoms with Gasteiger partial charge in [-0.25, -0.2) is 0 Å². The van der Waals surface area contributed by atoms with Crippen molar-refractivity contribution in [2.45, 2.75) is 37.6 Å². The first-order valence-electron chi connectivity index (χ1n) is 6.77. The topological polar surface area (TPSA) is 23.6 Å². The van der Waals surface area contributed by atoms with Gasteiger partial charge in [-0.2, -0.15) is 23.5 Å². The second kappa shape index (κ2) is 6.53. The van der Waals surface area contributed by atoms with Crippen molar-refractivity contribution < 1.29 is 4.79 Å². The molecule has 2 heterocycles. The number of thioether (sulfide) groups is 2. The number of carbonyl (C=O) groups excluding carboxylic acids is 1. The fourth-order valence-corrected chi connectivity index (χ4v) is 5.70. The maximum absolute atomic E-state index is 12.5. The summed E-state index contributed by atoms with van der Waals surface area (Å²) in [5.74, 6) is 3.96. The van der Waals surface area contributed by atoms with Gasteiger partial charge in [0.1, 0.15) is 0 Å². The second-order valence-corrected chi connectivity index (χ2v) is 8.05. The quantitative estimate of drug-likeness (QED) is 0.773. The van der Waals surface area contributed by atoms with Gasteiger partial charge in [-0.05, 0) is 20.9 Å². The smallest absolute Gasteiger partial charge is 0.224 e. The van der Waals surface area contributed by atoms with E-state index < -0.39 is 0 Å². The summed E-state index contributed by atoms with van der Waals surface area (Å²) < 4.78 is 0. The molecule has 2 aliphatic rings. The molecule has 2 saturated heterocycles. The molecule has 0 aromatic rings. The summed E-state index contributed by atoms with van der Waals surface area (Å²) in [6.07, 6.45) is 0.732. The molecule has 1 amide bonds. The molecule has 0 aliphatic carbocycles. The average Bonchev–Trinajstić information content (AvgIpc) is 2.28. The van der Waals surface area contributed by atoms with Gasteiger partial charge in [0.25, 0.3) is 0 Å². The molecule has 0 aromatic carbocycles. The average molecular weight is 288 g/mol. The zero-order valence-electron chi connectivity index (χ0n) is 11.6. The van der Waals surface area contributed by atoms with E-state index in [1.807, 2.05) is 23.5 Å². The summed E-state index contributed by atoms with van der Waals surface area (Å²) in [6.45, 7) is 6.35. The van der Waals surface area contributed by atoms with Gasteiger partial charge in [0, 0.05) is 54.1 Å². The van der Waals surface area contributed by atoms with Crippen LogP contribution in [-0.2, 0) is 4.79 Å². The molecule has 5 heteroatoms. The lowest BCUT2D eigenvalue weighted by Crippen LogP contribution is -2.57. The summed E-state index contributed by atoms with van der Waals surface area (Å²) in [4.78, 5) is 16.9. The van der Waals surface area contributed by atoms with Crippen molar-refractivity contribution in [1.82, 2.24) is 9.80 Å². The Bertz CT molecular complexity index is 283. The highest BCUT2D eigenvalue weighted by Gasteiger charge is 2.32. The van der Waals surface area contributed by atoms with Crippen LogP contribution in [0.1, 0.15) is 20.3 Å². The van der Waals surface area contributed by atoms with Gasteiger partial charge in [0.15, 0.2) is 0 Å². The van der Waals surface area contributed by atoms with Gasteiger partial charge in [-0.15, -0.1) is 0 Å². The van der Waals surface area contributed by atoms with Crippen molar-refractivity contribution in [3.63, 3.8) is 0 Å². The van der Waals surface area contributed by atoms with Crippen molar-refractivity contribution in [3.05, 3.63) is 0 Å². The number of piperazine rings is 1. The second-order valence-electron chi connectivity index (χ2n) is 5.49. The summed E-state index contributed by atoms with van der Waals surface area (Å²) in [7, 11) is 2.14. The van der Waals surface area contributed by atoms with Crippen molar-refractivity contribution in [3.8, 4) is 0 Å². The van der Waals surface area contributed by atoms with Gasteiger partial charge in [-0.1, -0.05) is 0 Å². The first-order chi connectivity index (χ1) is 8.58. The SMILES string of the molecule is CC1CN(C)CC(C)N1C(=O)CC1CSCCS1. The Balaban J connectivity index is 1.90. The first kappa shape index (κ1) is 14.5. The van der Waals surface area contributed by atoms with Crippen LogP contribution >= 0.6 is 23.5 Å². The van der Waals surface area contributed by atoms with Crippen LogP contribution in [0.5, 0.6) is 0 Å². The highest BCUT2D eigenvalue weighted by molar-refractivity contribution is 8.06. The van der Waals surface area contributed by atoms with Crippen LogP contribution in [0.25, 0.3) is 0 Å². The molecular weight excluding hydrogens is 264 g/mol. The van der Waals surface area contributed by atoms with Gasteiger partial charge < -0.3 is 9.80 Å². The molecule has 2 aliphatic heterocycles. The monoisotopic (exact) mass is 288 g/mol. The third kappa shape index (κ3) is 3.58. The Morgan fingerprint density at radius 1 is 1.22 bits per heavy atom. The summed E-state index contributed by atoms with van der Waals surface area (Å²) in [6, 6.07) is 0.708. The Morgan fingerprint density at radius 2 is 1.89 bits per heavy atom. The number of amides is 1. The van der Waals surface area contributed by atoms with E-state index in [-0.39, 0.29) is 0 Å². The zero-order valence-corrected chi connectivity index (χ0v) is 13.2. The maximum Gasteiger partial charge on any atom is 0.224 e. The lowest BCUT2D eigenvalue weighted by molar-refractivity contribution is -0.138. The highest BCUT2D eigenvalue weighted by atomic mass is 32.2. The van der Waals surface area contributed by atoms with Crippen LogP contribution in [0.4, 0.5) is 0 Å². The molecule has 0 bridgehead atoms. The lowest BCUT2D eigenvalue weighted by Gasteiger charge is -2.43. The summed E-state index contributed by atoms with van der Waals surface area (Å²) in [5.41, 5.74) is 0. The Hall–Kier alpha value is 0.130. The van der Waals surface area contributed by atoms with Crippen molar-refractivity contribution in [1.29, 1.82) is 0 Å². The van der Waals surface area contributed by atoms with Gasteiger partial charge >= 0.3 is 0 Å². The van der Waals surface area contributed by atoms with Gasteiger partial charge in [0.05, 0.1) is 0 Å². The van der Waals surface area contributed by atoms with Crippen molar-refractivity contribution >= 4 is 29.4 Å². The number of likely N-dealkylation sites (N-methyl/N-ethyl adjacent to an activating group) is 1. The normalized spacial score (nSPS) is 34.6. The first-order valence-corrected chi connectivity index (χ1v) is 8.97. The molecule has 2 fully saturated rings. The molecule has 3 atom stereocenters.